The van der Waals surface area contributed by atoms with Crippen LogP contribution in [-0.4, -0.2) is 48.3 Å². The zero-order valence-corrected chi connectivity index (χ0v) is 12.1. The van der Waals surface area contributed by atoms with Crippen LogP contribution in [0.1, 0.15) is 28.8 Å². The molecule has 1 amide bonds. The molecular formula is C11H16N2O3S2. The monoisotopic (exact) mass is 288 g/mol. The summed E-state index contributed by atoms with van der Waals surface area (Å²) in [4.78, 5) is 18.1. The fourth-order valence-electron chi connectivity index (χ4n) is 2.20. The number of hydrogen-bond donors (Lipinski definition) is 0. The predicted octanol–water partition coefficient (Wildman–Crippen LogP) is 1.10. The van der Waals surface area contributed by atoms with Crippen molar-refractivity contribution in [3.63, 3.8) is 0 Å². The van der Waals surface area contributed by atoms with Gasteiger partial charge < -0.3 is 4.90 Å². The summed E-state index contributed by atoms with van der Waals surface area (Å²) < 4.78 is 22.9. The van der Waals surface area contributed by atoms with Crippen molar-refractivity contribution >= 4 is 27.1 Å². The highest BCUT2D eigenvalue weighted by molar-refractivity contribution is 7.91. The number of aryl methyl sites for hydroxylation is 1. The molecule has 1 fully saturated rings. The van der Waals surface area contributed by atoms with Crippen LogP contribution in [0, 0.1) is 6.92 Å². The summed E-state index contributed by atoms with van der Waals surface area (Å²) >= 11 is 1.43. The van der Waals surface area contributed by atoms with Crippen molar-refractivity contribution in [2.75, 3.05) is 18.1 Å². The summed E-state index contributed by atoms with van der Waals surface area (Å²) in [5.41, 5.74) is 0.420. The standard InChI is InChI=1S/C11H16N2O3S2/c1-3-13(9-4-5-18(15,16)7-9)11(14)10-6-17-8(2)12-10/h6,9H,3-5,7H2,1-2H3/t9-/m0/s1. The molecule has 7 heteroatoms. The lowest BCUT2D eigenvalue weighted by Gasteiger charge is -2.25. The van der Waals surface area contributed by atoms with Gasteiger partial charge in [-0.05, 0) is 20.3 Å². The normalized spacial score (nSPS) is 22.0. The number of sulfone groups is 1. The molecule has 1 aromatic heterocycles. The maximum Gasteiger partial charge on any atom is 0.273 e. The van der Waals surface area contributed by atoms with Crippen LogP contribution in [0.4, 0.5) is 0 Å². The molecule has 1 aliphatic rings. The molecular weight excluding hydrogens is 272 g/mol. The molecule has 18 heavy (non-hydrogen) atoms. The highest BCUT2D eigenvalue weighted by Crippen LogP contribution is 2.20. The van der Waals surface area contributed by atoms with Gasteiger partial charge in [0.25, 0.3) is 5.91 Å². The van der Waals surface area contributed by atoms with Gasteiger partial charge in [0, 0.05) is 18.0 Å². The van der Waals surface area contributed by atoms with Crippen LogP contribution in [0.2, 0.25) is 0 Å². The smallest absolute Gasteiger partial charge is 0.273 e. The van der Waals surface area contributed by atoms with Gasteiger partial charge in [0.05, 0.1) is 16.5 Å². The molecule has 2 rings (SSSR count). The molecule has 1 aliphatic heterocycles. The van der Waals surface area contributed by atoms with E-state index in [-0.39, 0.29) is 23.5 Å². The van der Waals surface area contributed by atoms with E-state index < -0.39 is 9.84 Å². The Morgan fingerprint density at radius 1 is 1.61 bits per heavy atom. The summed E-state index contributed by atoms with van der Waals surface area (Å²) in [6.45, 7) is 4.22. The first-order valence-electron chi connectivity index (χ1n) is 5.86. The largest absolute Gasteiger partial charge is 0.334 e. The van der Waals surface area contributed by atoms with Gasteiger partial charge in [-0.3, -0.25) is 4.79 Å². The highest BCUT2D eigenvalue weighted by atomic mass is 32.2. The van der Waals surface area contributed by atoms with Crippen molar-refractivity contribution in [2.45, 2.75) is 26.3 Å². The minimum absolute atomic E-state index is 0.0791. The van der Waals surface area contributed by atoms with Gasteiger partial charge in [-0.2, -0.15) is 0 Å². The lowest BCUT2D eigenvalue weighted by molar-refractivity contribution is 0.0703. The van der Waals surface area contributed by atoms with E-state index in [1.165, 1.54) is 11.3 Å². The first-order chi connectivity index (χ1) is 8.43. The van der Waals surface area contributed by atoms with Crippen molar-refractivity contribution in [2.24, 2.45) is 0 Å². The van der Waals surface area contributed by atoms with Crippen molar-refractivity contribution < 1.29 is 13.2 Å². The number of carbonyl (C=O) groups excluding carboxylic acids is 1. The molecule has 0 bridgehead atoms. The third-order valence-electron chi connectivity index (χ3n) is 3.09. The van der Waals surface area contributed by atoms with Crippen LogP contribution in [0.15, 0.2) is 5.38 Å². The number of carbonyl (C=O) groups is 1. The quantitative estimate of drug-likeness (QED) is 0.835. The Kier molecular flexibility index (Phi) is 3.72. The van der Waals surface area contributed by atoms with Gasteiger partial charge in [0.1, 0.15) is 5.69 Å². The lowest BCUT2D eigenvalue weighted by atomic mass is 10.2. The minimum atomic E-state index is -2.97. The number of thiazole rings is 1. The van der Waals surface area contributed by atoms with E-state index in [1.54, 1.807) is 10.3 Å². The molecule has 1 saturated heterocycles. The molecule has 2 heterocycles. The summed E-state index contributed by atoms with van der Waals surface area (Å²) in [6.07, 6.45) is 0.533. The fourth-order valence-corrected chi connectivity index (χ4v) is 4.52. The Morgan fingerprint density at radius 3 is 2.78 bits per heavy atom. The molecule has 1 atom stereocenters. The summed E-state index contributed by atoms with van der Waals surface area (Å²) in [6, 6.07) is -0.200. The Bertz CT molecular complexity index is 550. The highest BCUT2D eigenvalue weighted by Gasteiger charge is 2.34. The SMILES string of the molecule is CCN(C(=O)c1csc(C)n1)[C@H]1CCS(=O)(=O)C1. The van der Waals surface area contributed by atoms with Crippen molar-refractivity contribution in [1.29, 1.82) is 0 Å². The Balaban J connectivity index is 2.17. The van der Waals surface area contributed by atoms with Crippen LogP contribution >= 0.6 is 11.3 Å². The Morgan fingerprint density at radius 2 is 2.33 bits per heavy atom. The molecule has 0 saturated carbocycles. The summed E-state index contributed by atoms with van der Waals surface area (Å²) in [5.74, 6) is 0.0942. The van der Waals surface area contributed by atoms with Crippen molar-refractivity contribution in [3.05, 3.63) is 16.1 Å². The van der Waals surface area contributed by atoms with E-state index >= 15 is 0 Å². The molecule has 0 aromatic carbocycles. The van der Waals surface area contributed by atoms with Gasteiger partial charge in [-0.15, -0.1) is 11.3 Å². The number of aromatic nitrogens is 1. The molecule has 100 valence electrons. The van der Waals surface area contributed by atoms with E-state index in [0.29, 0.717) is 18.7 Å². The average Bonchev–Trinajstić information content (AvgIpc) is 2.86. The fraction of sp³-hybridized carbons (Fsp3) is 0.636. The number of hydrogen-bond acceptors (Lipinski definition) is 5. The average molecular weight is 288 g/mol. The zero-order chi connectivity index (χ0) is 13.3. The number of amides is 1. The molecule has 1 aromatic rings. The molecule has 0 aliphatic carbocycles. The van der Waals surface area contributed by atoms with E-state index in [2.05, 4.69) is 4.98 Å². The van der Waals surface area contributed by atoms with Crippen LogP contribution in [0.5, 0.6) is 0 Å². The maximum atomic E-state index is 12.3. The van der Waals surface area contributed by atoms with Crippen LogP contribution in [0.25, 0.3) is 0 Å². The Hall–Kier alpha value is -0.950. The summed E-state index contributed by atoms with van der Waals surface area (Å²) in [5, 5.41) is 2.57. The number of nitrogens with zero attached hydrogens (tertiary/aromatic N) is 2. The second-order valence-electron chi connectivity index (χ2n) is 4.40. The second kappa shape index (κ2) is 4.97. The van der Waals surface area contributed by atoms with E-state index in [0.717, 1.165) is 5.01 Å². The zero-order valence-electron chi connectivity index (χ0n) is 10.4. The van der Waals surface area contributed by atoms with Crippen LogP contribution in [0.3, 0.4) is 0 Å². The predicted molar refractivity (Wildman–Crippen MR) is 70.6 cm³/mol. The first kappa shape index (κ1) is 13.5. The lowest BCUT2D eigenvalue weighted by Crippen LogP contribution is -2.41. The van der Waals surface area contributed by atoms with Gasteiger partial charge in [-0.1, -0.05) is 0 Å². The minimum Gasteiger partial charge on any atom is -0.334 e. The van der Waals surface area contributed by atoms with Gasteiger partial charge >= 0.3 is 0 Å². The van der Waals surface area contributed by atoms with Crippen LogP contribution in [-0.2, 0) is 9.84 Å². The van der Waals surface area contributed by atoms with E-state index in [9.17, 15) is 13.2 Å². The van der Waals surface area contributed by atoms with Crippen molar-refractivity contribution in [3.8, 4) is 0 Å². The first-order valence-corrected chi connectivity index (χ1v) is 8.56. The van der Waals surface area contributed by atoms with E-state index in [4.69, 9.17) is 0 Å². The molecule has 0 spiro atoms. The third kappa shape index (κ3) is 2.72. The van der Waals surface area contributed by atoms with Gasteiger partial charge in [0.2, 0.25) is 0 Å². The molecule has 0 unspecified atom stereocenters. The Labute approximate surface area is 111 Å². The van der Waals surface area contributed by atoms with Gasteiger partial charge in [0.15, 0.2) is 9.84 Å². The summed E-state index contributed by atoms with van der Waals surface area (Å²) in [7, 11) is -2.97. The number of rotatable bonds is 3. The molecule has 5 nitrogen and oxygen atoms in total. The van der Waals surface area contributed by atoms with Gasteiger partial charge in [-0.25, -0.2) is 13.4 Å². The molecule has 0 N–H and O–H groups in total. The third-order valence-corrected chi connectivity index (χ3v) is 5.61. The topological polar surface area (TPSA) is 67.3 Å². The second-order valence-corrected chi connectivity index (χ2v) is 7.69. The van der Waals surface area contributed by atoms with E-state index in [1.807, 2.05) is 13.8 Å². The maximum absolute atomic E-state index is 12.3. The van der Waals surface area contributed by atoms with Crippen molar-refractivity contribution in [1.82, 2.24) is 9.88 Å². The van der Waals surface area contributed by atoms with Crippen LogP contribution < -0.4 is 0 Å². The molecule has 0 radical (unpaired) electrons.